The second kappa shape index (κ2) is 5.77. The molecule has 72 valence electrons. The van der Waals surface area contributed by atoms with E-state index in [0.717, 1.165) is 23.0 Å². The van der Waals surface area contributed by atoms with Gasteiger partial charge in [0, 0.05) is 25.5 Å². The highest BCUT2D eigenvalue weighted by atomic mass is 32.2. The van der Waals surface area contributed by atoms with Gasteiger partial charge in [-0.25, -0.2) is 9.97 Å². The third-order valence-electron chi connectivity index (χ3n) is 1.45. The van der Waals surface area contributed by atoms with Crippen molar-refractivity contribution in [1.82, 2.24) is 9.97 Å². The molecule has 13 heavy (non-hydrogen) atoms. The molecule has 0 atom stereocenters. The summed E-state index contributed by atoms with van der Waals surface area (Å²) >= 11 is 1.62. The summed E-state index contributed by atoms with van der Waals surface area (Å²) in [5, 5.41) is 12.5. The van der Waals surface area contributed by atoms with E-state index in [9.17, 15) is 0 Å². The van der Waals surface area contributed by atoms with Gasteiger partial charge < -0.3 is 10.4 Å². The van der Waals surface area contributed by atoms with Gasteiger partial charge in [0.15, 0.2) is 0 Å². The highest BCUT2D eigenvalue weighted by Crippen LogP contribution is 2.17. The third kappa shape index (κ3) is 3.61. The fourth-order valence-electron chi connectivity index (χ4n) is 0.796. The molecule has 0 radical (unpaired) electrons. The first-order valence-electron chi connectivity index (χ1n) is 4.10. The molecule has 0 aromatic carbocycles. The summed E-state index contributed by atoms with van der Waals surface area (Å²) in [6.45, 7) is 0.233. The van der Waals surface area contributed by atoms with Crippen molar-refractivity contribution >= 4 is 17.6 Å². The van der Waals surface area contributed by atoms with E-state index < -0.39 is 0 Å². The highest BCUT2D eigenvalue weighted by Gasteiger charge is 1.97. The molecule has 0 aliphatic carbocycles. The summed E-state index contributed by atoms with van der Waals surface area (Å²) < 4.78 is 0. The Morgan fingerprint density at radius 3 is 3.08 bits per heavy atom. The quantitative estimate of drug-likeness (QED) is 0.421. The van der Waals surface area contributed by atoms with Gasteiger partial charge in [-0.3, -0.25) is 0 Å². The first-order chi connectivity index (χ1) is 6.36. The number of aliphatic hydroxyl groups excluding tert-OH is 1. The zero-order valence-electron chi connectivity index (χ0n) is 7.53. The summed E-state index contributed by atoms with van der Waals surface area (Å²) in [5.74, 6) is 1.71. The summed E-state index contributed by atoms with van der Waals surface area (Å²) in [4.78, 5) is 8.09. The molecule has 1 aromatic heterocycles. The molecule has 0 saturated heterocycles. The van der Waals surface area contributed by atoms with Crippen molar-refractivity contribution in [3.05, 3.63) is 12.4 Å². The van der Waals surface area contributed by atoms with Crippen LogP contribution in [0.5, 0.6) is 0 Å². The first kappa shape index (κ1) is 10.3. The smallest absolute Gasteiger partial charge is 0.130 e. The maximum absolute atomic E-state index is 8.59. The van der Waals surface area contributed by atoms with Crippen LogP contribution < -0.4 is 5.32 Å². The van der Waals surface area contributed by atoms with E-state index in [0.29, 0.717) is 0 Å². The van der Waals surface area contributed by atoms with Crippen LogP contribution in [-0.2, 0) is 0 Å². The van der Waals surface area contributed by atoms with Gasteiger partial charge in [0.1, 0.15) is 17.2 Å². The molecular weight excluding hydrogens is 186 g/mol. The van der Waals surface area contributed by atoms with Gasteiger partial charge in [-0.15, -0.1) is 11.8 Å². The Morgan fingerprint density at radius 1 is 1.54 bits per heavy atom. The van der Waals surface area contributed by atoms with E-state index in [2.05, 4.69) is 15.3 Å². The number of nitrogens with one attached hydrogen (secondary N) is 1. The third-order valence-corrected chi connectivity index (χ3v) is 2.46. The van der Waals surface area contributed by atoms with Crippen LogP contribution in [0.15, 0.2) is 17.4 Å². The molecule has 0 bridgehead atoms. The summed E-state index contributed by atoms with van der Waals surface area (Å²) in [6.07, 6.45) is 2.33. The number of hydrogen-bond acceptors (Lipinski definition) is 5. The maximum Gasteiger partial charge on any atom is 0.130 e. The van der Waals surface area contributed by atoms with E-state index in [1.54, 1.807) is 11.8 Å². The molecule has 4 nitrogen and oxygen atoms in total. The van der Waals surface area contributed by atoms with Crippen LogP contribution in [0.4, 0.5) is 5.82 Å². The van der Waals surface area contributed by atoms with Gasteiger partial charge in [-0.2, -0.15) is 0 Å². The van der Waals surface area contributed by atoms with E-state index in [1.165, 1.54) is 6.33 Å². The van der Waals surface area contributed by atoms with Gasteiger partial charge in [0.05, 0.1) is 0 Å². The lowest BCUT2D eigenvalue weighted by atomic mass is 10.5. The predicted molar refractivity (Wildman–Crippen MR) is 54.0 cm³/mol. The number of hydrogen-bond donors (Lipinski definition) is 2. The van der Waals surface area contributed by atoms with Gasteiger partial charge >= 0.3 is 0 Å². The lowest BCUT2D eigenvalue weighted by Gasteiger charge is -2.01. The minimum Gasteiger partial charge on any atom is -0.396 e. The Morgan fingerprint density at radius 2 is 2.38 bits per heavy atom. The highest BCUT2D eigenvalue weighted by molar-refractivity contribution is 7.99. The van der Waals surface area contributed by atoms with Crippen LogP contribution in [0, 0.1) is 0 Å². The number of thioether (sulfide) groups is 1. The molecule has 0 fully saturated rings. The number of anilines is 1. The summed E-state index contributed by atoms with van der Waals surface area (Å²) in [6, 6.07) is 1.89. The van der Waals surface area contributed by atoms with Gasteiger partial charge in [-0.05, 0) is 6.42 Å². The fourth-order valence-corrected chi connectivity index (χ4v) is 1.60. The largest absolute Gasteiger partial charge is 0.396 e. The molecule has 0 aliphatic heterocycles. The predicted octanol–water partition coefficient (Wildman–Crippen LogP) is 0.993. The van der Waals surface area contributed by atoms with E-state index in [-0.39, 0.29) is 6.61 Å². The lowest BCUT2D eigenvalue weighted by molar-refractivity contribution is 0.296. The zero-order chi connectivity index (χ0) is 9.52. The molecule has 1 rings (SSSR count). The summed E-state index contributed by atoms with van der Waals surface area (Å²) in [5.41, 5.74) is 0. The average Bonchev–Trinajstić information content (AvgIpc) is 2.19. The minimum atomic E-state index is 0.233. The van der Waals surface area contributed by atoms with Gasteiger partial charge in [0.25, 0.3) is 0 Å². The van der Waals surface area contributed by atoms with Crippen LogP contribution >= 0.6 is 11.8 Å². The molecule has 2 N–H and O–H groups in total. The minimum absolute atomic E-state index is 0.233. The molecule has 1 heterocycles. The number of nitrogens with zero attached hydrogens (tertiary/aromatic N) is 2. The van der Waals surface area contributed by atoms with Crippen LogP contribution in [0.2, 0.25) is 0 Å². The monoisotopic (exact) mass is 199 g/mol. The Bertz CT molecular complexity index is 257. The van der Waals surface area contributed by atoms with Crippen molar-refractivity contribution in [3.63, 3.8) is 0 Å². The van der Waals surface area contributed by atoms with Crippen molar-refractivity contribution in [2.75, 3.05) is 24.7 Å². The normalized spacial score (nSPS) is 10.0. The zero-order valence-corrected chi connectivity index (χ0v) is 8.34. The molecule has 5 heteroatoms. The van der Waals surface area contributed by atoms with Crippen molar-refractivity contribution in [3.8, 4) is 0 Å². The first-order valence-corrected chi connectivity index (χ1v) is 5.09. The second-order valence-corrected chi connectivity index (χ2v) is 3.53. The van der Waals surface area contributed by atoms with E-state index >= 15 is 0 Å². The molecule has 0 spiro atoms. The molecule has 0 amide bonds. The van der Waals surface area contributed by atoms with Crippen LogP contribution in [-0.4, -0.2) is 34.5 Å². The number of aliphatic hydroxyl groups is 1. The Hall–Kier alpha value is -0.810. The van der Waals surface area contributed by atoms with Crippen molar-refractivity contribution in [2.45, 2.75) is 11.4 Å². The Labute approximate surface area is 81.8 Å². The van der Waals surface area contributed by atoms with Crippen molar-refractivity contribution in [1.29, 1.82) is 0 Å². The molecular formula is C8H13N3OS. The van der Waals surface area contributed by atoms with E-state index in [1.807, 2.05) is 13.1 Å². The van der Waals surface area contributed by atoms with Crippen LogP contribution in [0.3, 0.4) is 0 Å². The van der Waals surface area contributed by atoms with Crippen LogP contribution in [0.25, 0.3) is 0 Å². The number of aromatic nitrogens is 2. The average molecular weight is 199 g/mol. The Balaban J connectivity index is 2.46. The molecule has 0 saturated carbocycles. The van der Waals surface area contributed by atoms with E-state index in [4.69, 9.17) is 5.11 Å². The van der Waals surface area contributed by atoms with Gasteiger partial charge in [0.2, 0.25) is 0 Å². The topological polar surface area (TPSA) is 58.0 Å². The number of rotatable bonds is 5. The molecule has 0 unspecified atom stereocenters. The second-order valence-electron chi connectivity index (χ2n) is 2.42. The summed E-state index contributed by atoms with van der Waals surface area (Å²) in [7, 11) is 1.82. The SMILES string of the molecule is CNc1cc(SCCCO)ncn1. The fraction of sp³-hybridized carbons (Fsp3) is 0.500. The standard InChI is InChI=1S/C8H13N3OS/c1-9-7-5-8(11-6-10-7)13-4-2-3-12/h5-6,12H,2-4H2,1H3,(H,9,10,11). The molecule has 0 aliphatic rings. The van der Waals surface area contributed by atoms with Gasteiger partial charge in [-0.1, -0.05) is 0 Å². The van der Waals surface area contributed by atoms with Crippen molar-refractivity contribution < 1.29 is 5.11 Å². The van der Waals surface area contributed by atoms with Crippen molar-refractivity contribution in [2.24, 2.45) is 0 Å². The molecule has 1 aromatic rings. The maximum atomic E-state index is 8.59. The Kier molecular flexibility index (Phi) is 4.56. The van der Waals surface area contributed by atoms with Crippen LogP contribution in [0.1, 0.15) is 6.42 Å². The lowest BCUT2D eigenvalue weighted by Crippen LogP contribution is -1.94.